The van der Waals surface area contributed by atoms with E-state index in [9.17, 15) is 14.4 Å². The van der Waals surface area contributed by atoms with Crippen molar-refractivity contribution in [2.75, 3.05) is 13.2 Å². The third-order valence-corrected chi connectivity index (χ3v) is 7.66. The van der Waals surface area contributed by atoms with E-state index >= 15 is 0 Å². The van der Waals surface area contributed by atoms with E-state index in [1.54, 1.807) is 6.92 Å². The van der Waals surface area contributed by atoms with Crippen molar-refractivity contribution in [1.82, 2.24) is 10.6 Å². The molecule has 0 aromatic rings. The molecule has 0 heterocycles. The Morgan fingerprint density at radius 2 is 1.54 bits per heavy atom. The molecule has 0 saturated heterocycles. The van der Waals surface area contributed by atoms with Crippen LogP contribution in [0, 0.1) is 23.2 Å². The molecule has 2 amide bonds. The standard InChI is InChI=1S/C22H34N2O4/c1-2-28-20(27)22(6-3-4-7-22)24-18(25)5-8-23-19(26)21-12-15-9-16(13-21)11-17(10-15)14-21/h15-17H,2-14H2,1H3,(H,23,26)(H,24,25). The Bertz CT molecular complexity index is 603. The quantitative estimate of drug-likeness (QED) is 0.655. The Kier molecular flexibility index (Phi) is 5.41. The Morgan fingerprint density at radius 3 is 2.07 bits per heavy atom. The zero-order valence-electron chi connectivity index (χ0n) is 17.1. The molecule has 0 aromatic carbocycles. The van der Waals surface area contributed by atoms with E-state index in [2.05, 4.69) is 10.6 Å². The molecule has 5 fully saturated rings. The molecule has 6 nitrogen and oxygen atoms in total. The molecule has 5 aliphatic rings. The fraction of sp³-hybridized carbons (Fsp3) is 0.864. The lowest BCUT2D eigenvalue weighted by atomic mass is 9.49. The van der Waals surface area contributed by atoms with Crippen molar-refractivity contribution in [3.63, 3.8) is 0 Å². The number of carbonyl (C=O) groups is 3. The molecule has 0 atom stereocenters. The maximum Gasteiger partial charge on any atom is 0.331 e. The minimum absolute atomic E-state index is 0.153. The van der Waals surface area contributed by atoms with Crippen LogP contribution < -0.4 is 10.6 Å². The number of esters is 1. The van der Waals surface area contributed by atoms with Gasteiger partial charge in [-0.1, -0.05) is 12.8 Å². The highest BCUT2D eigenvalue weighted by molar-refractivity contribution is 5.89. The van der Waals surface area contributed by atoms with Gasteiger partial charge in [0.05, 0.1) is 6.61 Å². The largest absolute Gasteiger partial charge is 0.464 e. The number of hydrogen-bond donors (Lipinski definition) is 2. The van der Waals surface area contributed by atoms with Crippen molar-refractivity contribution in [1.29, 1.82) is 0 Å². The van der Waals surface area contributed by atoms with E-state index in [-0.39, 0.29) is 29.6 Å². The summed E-state index contributed by atoms with van der Waals surface area (Å²) in [4.78, 5) is 37.8. The normalized spacial score (nSPS) is 34.8. The monoisotopic (exact) mass is 390 g/mol. The summed E-state index contributed by atoms with van der Waals surface area (Å²) in [6.07, 6.45) is 10.3. The Labute approximate surface area is 167 Å². The van der Waals surface area contributed by atoms with Crippen molar-refractivity contribution in [3.8, 4) is 0 Å². The van der Waals surface area contributed by atoms with Gasteiger partial charge in [0.15, 0.2) is 0 Å². The molecule has 6 heteroatoms. The summed E-state index contributed by atoms with van der Waals surface area (Å²) in [6, 6.07) is 0. The number of amides is 2. The predicted octanol–water partition coefficient (Wildman–Crippen LogP) is 2.70. The highest BCUT2D eigenvalue weighted by atomic mass is 16.5. The number of hydrogen-bond acceptors (Lipinski definition) is 4. The molecule has 5 aliphatic carbocycles. The molecule has 2 N–H and O–H groups in total. The van der Waals surface area contributed by atoms with Gasteiger partial charge in [-0.25, -0.2) is 4.79 Å². The minimum atomic E-state index is -0.864. The van der Waals surface area contributed by atoms with Crippen LogP contribution in [0.2, 0.25) is 0 Å². The molecule has 0 unspecified atom stereocenters. The van der Waals surface area contributed by atoms with Crippen molar-refractivity contribution in [3.05, 3.63) is 0 Å². The average Bonchev–Trinajstić information content (AvgIpc) is 3.10. The lowest BCUT2D eigenvalue weighted by Crippen LogP contribution is -2.55. The fourth-order valence-corrected chi connectivity index (χ4v) is 6.82. The molecule has 5 saturated carbocycles. The Hall–Kier alpha value is -1.59. The first kappa shape index (κ1) is 19.7. The van der Waals surface area contributed by atoms with E-state index in [0.717, 1.165) is 49.9 Å². The summed E-state index contributed by atoms with van der Waals surface area (Å²) in [5.41, 5.74) is -1.04. The summed E-state index contributed by atoms with van der Waals surface area (Å²) in [7, 11) is 0. The zero-order chi connectivity index (χ0) is 19.8. The second-order valence-electron chi connectivity index (χ2n) is 9.76. The lowest BCUT2D eigenvalue weighted by molar-refractivity contribution is -0.153. The van der Waals surface area contributed by atoms with Gasteiger partial charge in [-0.3, -0.25) is 9.59 Å². The third-order valence-electron chi connectivity index (χ3n) is 7.66. The highest BCUT2D eigenvalue weighted by Crippen LogP contribution is 2.60. The van der Waals surface area contributed by atoms with Gasteiger partial charge >= 0.3 is 5.97 Å². The van der Waals surface area contributed by atoms with Gasteiger partial charge in [0.1, 0.15) is 5.54 Å². The summed E-state index contributed by atoms with van der Waals surface area (Å²) in [5.74, 6) is 1.84. The van der Waals surface area contributed by atoms with Gasteiger partial charge in [-0.15, -0.1) is 0 Å². The van der Waals surface area contributed by atoms with Crippen molar-refractivity contribution in [2.24, 2.45) is 23.2 Å². The van der Waals surface area contributed by atoms with Crippen molar-refractivity contribution < 1.29 is 19.1 Å². The molecule has 156 valence electrons. The van der Waals surface area contributed by atoms with Crippen LogP contribution in [0.3, 0.4) is 0 Å². The molecule has 0 aliphatic heterocycles. The van der Waals surface area contributed by atoms with E-state index in [0.29, 0.717) is 26.0 Å². The van der Waals surface area contributed by atoms with Crippen LogP contribution in [0.4, 0.5) is 0 Å². The maximum absolute atomic E-state index is 13.0. The minimum Gasteiger partial charge on any atom is -0.464 e. The molecule has 28 heavy (non-hydrogen) atoms. The summed E-state index contributed by atoms with van der Waals surface area (Å²) >= 11 is 0. The lowest BCUT2D eigenvalue weighted by Gasteiger charge is -2.55. The fourth-order valence-electron chi connectivity index (χ4n) is 6.82. The molecule has 0 radical (unpaired) electrons. The first-order valence-corrected chi connectivity index (χ1v) is 11.2. The second kappa shape index (κ2) is 7.68. The zero-order valence-corrected chi connectivity index (χ0v) is 17.1. The van der Waals surface area contributed by atoms with Gasteiger partial charge in [0, 0.05) is 18.4 Å². The molecular weight excluding hydrogens is 356 g/mol. The summed E-state index contributed by atoms with van der Waals surface area (Å²) in [6.45, 7) is 2.44. The third kappa shape index (κ3) is 3.67. The van der Waals surface area contributed by atoms with Crippen LogP contribution >= 0.6 is 0 Å². The van der Waals surface area contributed by atoms with E-state index in [1.807, 2.05) is 0 Å². The summed E-state index contributed by atoms with van der Waals surface area (Å²) in [5, 5.41) is 5.97. The summed E-state index contributed by atoms with van der Waals surface area (Å²) < 4.78 is 5.19. The van der Waals surface area contributed by atoms with Crippen LogP contribution in [-0.2, 0) is 19.1 Å². The number of ether oxygens (including phenoxy) is 1. The van der Waals surface area contributed by atoms with Crippen LogP contribution in [0.25, 0.3) is 0 Å². The van der Waals surface area contributed by atoms with E-state index in [4.69, 9.17) is 4.74 Å². The second-order valence-corrected chi connectivity index (χ2v) is 9.76. The highest BCUT2D eigenvalue weighted by Gasteiger charge is 2.54. The van der Waals surface area contributed by atoms with Gasteiger partial charge in [-0.05, 0) is 76.0 Å². The van der Waals surface area contributed by atoms with Gasteiger partial charge in [0.2, 0.25) is 11.8 Å². The van der Waals surface area contributed by atoms with E-state index < -0.39 is 5.54 Å². The van der Waals surface area contributed by atoms with Crippen molar-refractivity contribution in [2.45, 2.75) is 83.1 Å². The van der Waals surface area contributed by atoms with Crippen LogP contribution in [0.5, 0.6) is 0 Å². The van der Waals surface area contributed by atoms with Gasteiger partial charge in [-0.2, -0.15) is 0 Å². The molecule has 5 rings (SSSR count). The SMILES string of the molecule is CCOC(=O)C1(NC(=O)CCNC(=O)C23CC4CC(CC(C4)C2)C3)CCCC1. The smallest absolute Gasteiger partial charge is 0.331 e. The predicted molar refractivity (Wildman–Crippen MR) is 104 cm³/mol. The maximum atomic E-state index is 13.0. The van der Waals surface area contributed by atoms with E-state index in [1.165, 1.54) is 19.3 Å². The van der Waals surface area contributed by atoms with Gasteiger partial charge in [0.25, 0.3) is 0 Å². The first-order valence-electron chi connectivity index (χ1n) is 11.2. The van der Waals surface area contributed by atoms with Crippen LogP contribution in [0.1, 0.15) is 77.6 Å². The van der Waals surface area contributed by atoms with Crippen molar-refractivity contribution >= 4 is 17.8 Å². The first-order chi connectivity index (χ1) is 13.4. The van der Waals surface area contributed by atoms with Gasteiger partial charge < -0.3 is 15.4 Å². The van der Waals surface area contributed by atoms with Crippen LogP contribution in [0.15, 0.2) is 0 Å². The van der Waals surface area contributed by atoms with Crippen LogP contribution in [-0.4, -0.2) is 36.5 Å². The molecule has 0 aromatic heterocycles. The molecule has 0 spiro atoms. The topological polar surface area (TPSA) is 84.5 Å². The number of nitrogens with one attached hydrogen (secondary N) is 2. The average molecular weight is 391 g/mol. The molecule has 4 bridgehead atoms. The number of carbonyl (C=O) groups excluding carboxylic acids is 3. The Morgan fingerprint density at radius 1 is 0.964 bits per heavy atom. The Balaban J connectivity index is 1.27. The molecular formula is C22H34N2O4. The number of rotatable bonds is 7.